The molecule has 1 aliphatic carbocycles. The highest BCUT2D eigenvalue weighted by atomic mass is 32.2. The van der Waals surface area contributed by atoms with Crippen molar-refractivity contribution >= 4 is 28.9 Å². The number of rotatable bonds is 7. The SMILES string of the molecule is CCc1ccc(C(=O)CSc2nnc(-c3ccccc3F)n2C2CC2)s1. The zero-order chi connectivity index (χ0) is 18.1. The lowest BCUT2D eigenvalue weighted by Crippen LogP contribution is -2.04. The summed E-state index contributed by atoms with van der Waals surface area (Å²) in [5.74, 6) is 0.647. The van der Waals surface area contributed by atoms with Crippen molar-refractivity contribution in [2.24, 2.45) is 0 Å². The van der Waals surface area contributed by atoms with Crippen LogP contribution in [-0.4, -0.2) is 26.3 Å². The van der Waals surface area contributed by atoms with Crippen molar-refractivity contribution in [2.45, 2.75) is 37.4 Å². The molecule has 0 amide bonds. The molecule has 0 atom stereocenters. The zero-order valence-electron chi connectivity index (χ0n) is 14.3. The number of carbonyl (C=O) groups excluding carboxylic acids is 1. The van der Waals surface area contributed by atoms with E-state index in [1.54, 1.807) is 29.5 Å². The summed E-state index contributed by atoms with van der Waals surface area (Å²) in [6.07, 6.45) is 3.00. The maximum Gasteiger partial charge on any atom is 0.192 e. The number of thiophene rings is 1. The smallest absolute Gasteiger partial charge is 0.192 e. The lowest BCUT2D eigenvalue weighted by atomic mass is 10.2. The molecule has 1 aliphatic rings. The van der Waals surface area contributed by atoms with Gasteiger partial charge in [-0.05, 0) is 43.5 Å². The van der Waals surface area contributed by atoms with Crippen LogP contribution >= 0.6 is 23.1 Å². The Balaban J connectivity index is 1.56. The molecule has 2 heterocycles. The number of Topliss-reactive ketones (excluding diaryl/α,β-unsaturated/α-hetero) is 1. The third kappa shape index (κ3) is 3.46. The van der Waals surface area contributed by atoms with Gasteiger partial charge in [-0.2, -0.15) is 0 Å². The van der Waals surface area contributed by atoms with Crippen molar-refractivity contribution in [3.8, 4) is 11.4 Å². The molecule has 1 saturated carbocycles. The van der Waals surface area contributed by atoms with Crippen LogP contribution in [-0.2, 0) is 6.42 Å². The monoisotopic (exact) mass is 387 g/mol. The van der Waals surface area contributed by atoms with E-state index in [9.17, 15) is 9.18 Å². The lowest BCUT2D eigenvalue weighted by Gasteiger charge is -2.09. The first-order valence-electron chi connectivity index (χ1n) is 8.62. The minimum absolute atomic E-state index is 0.0949. The molecule has 134 valence electrons. The summed E-state index contributed by atoms with van der Waals surface area (Å²) in [5, 5.41) is 9.15. The van der Waals surface area contributed by atoms with Gasteiger partial charge in [-0.3, -0.25) is 9.36 Å². The quantitative estimate of drug-likeness (QED) is 0.422. The predicted octanol–water partition coefficient (Wildman–Crippen LogP) is 5.02. The number of carbonyl (C=O) groups is 1. The molecule has 4 nitrogen and oxygen atoms in total. The molecule has 0 bridgehead atoms. The van der Waals surface area contributed by atoms with Gasteiger partial charge in [0.25, 0.3) is 0 Å². The molecule has 1 aromatic carbocycles. The van der Waals surface area contributed by atoms with Gasteiger partial charge in [0.15, 0.2) is 16.8 Å². The van der Waals surface area contributed by atoms with Crippen LogP contribution in [0.3, 0.4) is 0 Å². The van der Waals surface area contributed by atoms with Crippen LogP contribution in [0, 0.1) is 5.82 Å². The highest BCUT2D eigenvalue weighted by molar-refractivity contribution is 7.99. The molecule has 7 heteroatoms. The van der Waals surface area contributed by atoms with Crippen LogP contribution < -0.4 is 0 Å². The summed E-state index contributed by atoms with van der Waals surface area (Å²) >= 11 is 2.93. The van der Waals surface area contributed by atoms with Crippen LogP contribution in [0.1, 0.15) is 40.4 Å². The first-order chi connectivity index (χ1) is 12.7. The Labute approximate surface area is 159 Å². The van der Waals surface area contributed by atoms with E-state index in [4.69, 9.17) is 0 Å². The Morgan fingerprint density at radius 3 is 2.77 bits per heavy atom. The van der Waals surface area contributed by atoms with E-state index in [0.717, 1.165) is 24.1 Å². The summed E-state index contributed by atoms with van der Waals surface area (Å²) in [6, 6.07) is 10.8. The Morgan fingerprint density at radius 2 is 2.08 bits per heavy atom. The fraction of sp³-hybridized carbons (Fsp3) is 0.316. The van der Waals surface area contributed by atoms with Crippen molar-refractivity contribution < 1.29 is 9.18 Å². The van der Waals surface area contributed by atoms with Gasteiger partial charge in [-0.15, -0.1) is 21.5 Å². The molecule has 1 fully saturated rings. The van der Waals surface area contributed by atoms with Crippen molar-refractivity contribution in [1.29, 1.82) is 0 Å². The molecule has 0 N–H and O–H groups in total. The average Bonchev–Trinajstić information content (AvgIpc) is 3.22. The maximum absolute atomic E-state index is 14.2. The maximum atomic E-state index is 14.2. The summed E-state index contributed by atoms with van der Waals surface area (Å²) < 4.78 is 16.2. The Morgan fingerprint density at radius 1 is 1.27 bits per heavy atom. The zero-order valence-corrected chi connectivity index (χ0v) is 15.9. The second-order valence-corrected chi connectivity index (χ2v) is 8.33. The van der Waals surface area contributed by atoms with Gasteiger partial charge in [0, 0.05) is 10.9 Å². The van der Waals surface area contributed by atoms with Crippen LogP contribution in [0.5, 0.6) is 0 Å². The number of thioether (sulfide) groups is 1. The molecular formula is C19H18FN3OS2. The summed E-state index contributed by atoms with van der Waals surface area (Å²) in [4.78, 5) is 14.4. The lowest BCUT2D eigenvalue weighted by molar-refractivity contribution is 0.102. The molecule has 0 spiro atoms. The topological polar surface area (TPSA) is 47.8 Å². The Hall–Kier alpha value is -1.99. The average molecular weight is 388 g/mol. The molecule has 0 saturated heterocycles. The van der Waals surface area contributed by atoms with E-state index in [1.807, 2.05) is 16.7 Å². The summed E-state index contributed by atoms with van der Waals surface area (Å²) in [6.45, 7) is 2.08. The molecule has 0 unspecified atom stereocenters. The van der Waals surface area contributed by atoms with Crippen LogP contribution in [0.2, 0.25) is 0 Å². The Kier molecular flexibility index (Phi) is 4.91. The largest absolute Gasteiger partial charge is 0.299 e. The number of nitrogens with zero attached hydrogens (tertiary/aromatic N) is 3. The highest BCUT2D eigenvalue weighted by Gasteiger charge is 2.31. The number of hydrogen-bond acceptors (Lipinski definition) is 5. The third-order valence-electron chi connectivity index (χ3n) is 4.31. The van der Waals surface area contributed by atoms with Gasteiger partial charge in [0.05, 0.1) is 16.2 Å². The van der Waals surface area contributed by atoms with Crippen LogP contribution in [0.25, 0.3) is 11.4 Å². The van der Waals surface area contributed by atoms with E-state index < -0.39 is 0 Å². The molecule has 0 aliphatic heterocycles. The van der Waals surface area contributed by atoms with E-state index in [-0.39, 0.29) is 11.6 Å². The van der Waals surface area contributed by atoms with E-state index in [2.05, 4.69) is 17.1 Å². The predicted molar refractivity (Wildman–Crippen MR) is 102 cm³/mol. The minimum atomic E-state index is -0.305. The van der Waals surface area contributed by atoms with Gasteiger partial charge in [0.1, 0.15) is 5.82 Å². The van der Waals surface area contributed by atoms with E-state index in [0.29, 0.717) is 28.3 Å². The number of benzene rings is 1. The molecule has 4 rings (SSSR count). The van der Waals surface area contributed by atoms with Gasteiger partial charge in [-0.1, -0.05) is 30.8 Å². The number of aryl methyl sites for hydroxylation is 1. The van der Waals surface area contributed by atoms with Gasteiger partial charge in [0.2, 0.25) is 0 Å². The fourth-order valence-electron chi connectivity index (χ4n) is 2.78. The van der Waals surface area contributed by atoms with Crippen molar-refractivity contribution in [3.63, 3.8) is 0 Å². The first-order valence-corrected chi connectivity index (χ1v) is 10.4. The number of ketones is 1. The van der Waals surface area contributed by atoms with Crippen LogP contribution in [0.4, 0.5) is 4.39 Å². The molecule has 0 radical (unpaired) electrons. The Bertz CT molecular complexity index is 946. The van der Waals surface area contributed by atoms with Gasteiger partial charge < -0.3 is 0 Å². The first kappa shape index (κ1) is 17.4. The number of halogens is 1. The number of aromatic nitrogens is 3. The van der Waals surface area contributed by atoms with E-state index >= 15 is 0 Å². The number of hydrogen-bond donors (Lipinski definition) is 0. The second-order valence-electron chi connectivity index (χ2n) is 6.22. The third-order valence-corrected chi connectivity index (χ3v) is 6.52. The van der Waals surface area contributed by atoms with Gasteiger partial charge in [-0.25, -0.2) is 4.39 Å². The normalized spacial score (nSPS) is 13.9. The van der Waals surface area contributed by atoms with Crippen molar-refractivity contribution in [2.75, 3.05) is 5.75 Å². The summed E-state index contributed by atoms with van der Waals surface area (Å²) in [5.41, 5.74) is 0.455. The van der Waals surface area contributed by atoms with Crippen LogP contribution in [0.15, 0.2) is 41.6 Å². The molecule has 2 aromatic heterocycles. The summed E-state index contributed by atoms with van der Waals surface area (Å²) in [7, 11) is 0. The van der Waals surface area contributed by atoms with Crippen molar-refractivity contribution in [3.05, 3.63) is 52.0 Å². The molecule has 3 aromatic rings. The fourth-order valence-corrected chi connectivity index (χ4v) is 4.65. The van der Waals surface area contributed by atoms with Crippen molar-refractivity contribution in [1.82, 2.24) is 14.8 Å². The highest BCUT2D eigenvalue weighted by Crippen LogP contribution is 2.41. The second kappa shape index (κ2) is 7.32. The molecular weight excluding hydrogens is 369 g/mol. The minimum Gasteiger partial charge on any atom is -0.299 e. The van der Waals surface area contributed by atoms with Gasteiger partial charge >= 0.3 is 0 Å². The van der Waals surface area contributed by atoms with E-state index in [1.165, 1.54) is 22.7 Å². The standard InChI is InChI=1S/C19H18FN3OS2/c1-2-13-9-10-17(26-13)16(24)11-25-19-22-21-18(23(19)12-7-8-12)14-5-3-4-6-15(14)20/h3-6,9-10,12H,2,7-8,11H2,1H3. The molecule has 26 heavy (non-hydrogen) atoms.